The van der Waals surface area contributed by atoms with Crippen molar-refractivity contribution < 1.29 is 14.4 Å². The maximum Gasteiger partial charge on any atom is 0.231 e. The van der Waals surface area contributed by atoms with Gasteiger partial charge in [-0.3, -0.25) is 14.4 Å². The number of nitrogens with zero attached hydrogens (tertiary/aromatic N) is 3. The minimum Gasteiger partial charge on any atom is -0.339 e. The molecule has 0 aromatic rings. The van der Waals surface area contributed by atoms with Crippen molar-refractivity contribution in [1.82, 2.24) is 14.7 Å². The van der Waals surface area contributed by atoms with E-state index >= 15 is 0 Å². The summed E-state index contributed by atoms with van der Waals surface area (Å²) in [6.07, 6.45) is 6.20. The summed E-state index contributed by atoms with van der Waals surface area (Å²) >= 11 is 0. The fourth-order valence-electron chi connectivity index (χ4n) is 5.19. The normalized spacial score (nSPS) is 29.1. The van der Waals surface area contributed by atoms with Gasteiger partial charge in [-0.15, -0.1) is 0 Å². The third kappa shape index (κ3) is 3.99. The van der Waals surface area contributed by atoms with Crippen molar-refractivity contribution in [2.45, 2.75) is 71.8 Å². The first kappa shape index (κ1) is 20.2. The van der Waals surface area contributed by atoms with Crippen LogP contribution in [-0.2, 0) is 14.4 Å². The van der Waals surface area contributed by atoms with Crippen molar-refractivity contribution in [3.05, 3.63) is 0 Å². The number of piperazine rings is 1. The highest BCUT2D eigenvalue weighted by Gasteiger charge is 2.54. The molecule has 3 amide bonds. The Morgan fingerprint density at radius 2 is 1.74 bits per heavy atom. The van der Waals surface area contributed by atoms with Crippen LogP contribution in [0.25, 0.3) is 0 Å². The number of carbonyl (C=O) groups excluding carboxylic acids is 3. The van der Waals surface area contributed by atoms with Gasteiger partial charge in [0.1, 0.15) is 0 Å². The van der Waals surface area contributed by atoms with E-state index in [9.17, 15) is 14.4 Å². The van der Waals surface area contributed by atoms with Gasteiger partial charge in [-0.2, -0.15) is 0 Å². The molecule has 152 valence electrons. The first-order valence-electron chi connectivity index (χ1n) is 10.7. The van der Waals surface area contributed by atoms with E-state index in [0.717, 1.165) is 38.6 Å². The number of likely N-dealkylation sites (tertiary alicyclic amines) is 1. The number of piperidine rings is 1. The third-order valence-electron chi connectivity index (χ3n) is 6.86. The van der Waals surface area contributed by atoms with Crippen LogP contribution in [0.4, 0.5) is 0 Å². The second-order valence-electron chi connectivity index (χ2n) is 8.99. The Bertz CT molecular complexity index is 583. The standard InChI is InChI=1S/C21H35N3O3/c1-16(2)8-11-24-18-6-4-5-9-21(18,10-7-19(24)26)20(27)23-14-12-22(13-15-23)17(3)25/h16,18H,4-15H2,1-3H3/t18-,21-/m1/s1. The Hall–Kier alpha value is -1.59. The van der Waals surface area contributed by atoms with Crippen LogP contribution < -0.4 is 0 Å². The van der Waals surface area contributed by atoms with Crippen molar-refractivity contribution >= 4 is 17.7 Å². The lowest BCUT2D eigenvalue weighted by atomic mass is 9.64. The molecule has 0 aromatic heterocycles. The van der Waals surface area contributed by atoms with Crippen LogP contribution in [0.1, 0.15) is 65.7 Å². The van der Waals surface area contributed by atoms with E-state index in [-0.39, 0.29) is 23.8 Å². The summed E-state index contributed by atoms with van der Waals surface area (Å²) in [6, 6.07) is 0.0598. The molecule has 0 spiro atoms. The quantitative estimate of drug-likeness (QED) is 0.755. The lowest BCUT2D eigenvalue weighted by molar-refractivity contribution is -0.164. The van der Waals surface area contributed by atoms with Gasteiger partial charge >= 0.3 is 0 Å². The first-order chi connectivity index (χ1) is 12.8. The molecule has 1 aliphatic carbocycles. The minimum atomic E-state index is -0.401. The Kier molecular flexibility index (Phi) is 6.11. The Morgan fingerprint density at radius 1 is 1.07 bits per heavy atom. The summed E-state index contributed by atoms with van der Waals surface area (Å²) in [5.41, 5.74) is -0.401. The lowest BCUT2D eigenvalue weighted by Crippen LogP contribution is -2.64. The van der Waals surface area contributed by atoms with Crippen LogP contribution in [-0.4, -0.2) is 71.2 Å². The third-order valence-corrected chi connectivity index (χ3v) is 6.86. The lowest BCUT2D eigenvalue weighted by Gasteiger charge is -2.53. The van der Waals surface area contributed by atoms with Gasteiger partial charge in [-0.05, 0) is 31.6 Å². The molecule has 0 aromatic carbocycles. The fourth-order valence-corrected chi connectivity index (χ4v) is 5.19. The molecule has 3 aliphatic rings. The molecule has 27 heavy (non-hydrogen) atoms. The average molecular weight is 378 g/mol. The van der Waals surface area contributed by atoms with Crippen LogP contribution in [0.15, 0.2) is 0 Å². The zero-order valence-corrected chi connectivity index (χ0v) is 17.2. The molecule has 2 aliphatic heterocycles. The summed E-state index contributed by atoms with van der Waals surface area (Å²) in [6.45, 7) is 9.21. The molecule has 2 saturated heterocycles. The van der Waals surface area contributed by atoms with Crippen molar-refractivity contribution in [2.75, 3.05) is 32.7 Å². The zero-order valence-electron chi connectivity index (χ0n) is 17.2. The van der Waals surface area contributed by atoms with Crippen LogP contribution >= 0.6 is 0 Å². The molecule has 0 N–H and O–H groups in total. The van der Waals surface area contributed by atoms with Gasteiger partial charge < -0.3 is 14.7 Å². The van der Waals surface area contributed by atoms with Gasteiger partial charge in [0.25, 0.3) is 0 Å². The van der Waals surface area contributed by atoms with E-state index in [4.69, 9.17) is 0 Å². The SMILES string of the molecule is CC(=O)N1CCN(C(=O)[C@@]23CCCC[C@H]2N(CCC(C)C)C(=O)CC3)CC1. The molecule has 6 heteroatoms. The number of amides is 3. The Labute approximate surface area is 163 Å². The summed E-state index contributed by atoms with van der Waals surface area (Å²) in [4.78, 5) is 43.8. The first-order valence-corrected chi connectivity index (χ1v) is 10.7. The molecule has 3 rings (SSSR count). The molecule has 0 radical (unpaired) electrons. The number of hydrogen-bond donors (Lipinski definition) is 0. The van der Waals surface area contributed by atoms with E-state index in [1.807, 2.05) is 14.7 Å². The highest BCUT2D eigenvalue weighted by molar-refractivity contribution is 5.88. The zero-order chi connectivity index (χ0) is 19.6. The van der Waals surface area contributed by atoms with Gasteiger partial charge in [0.05, 0.1) is 5.41 Å². The predicted octanol–water partition coefficient (Wildman–Crippen LogP) is 2.27. The van der Waals surface area contributed by atoms with E-state index in [2.05, 4.69) is 13.8 Å². The van der Waals surface area contributed by atoms with Gasteiger partial charge in [0, 0.05) is 52.1 Å². The summed E-state index contributed by atoms with van der Waals surface area (Å²) in [5.74, 6) is 1.09. The van der Waals surface area contributed by atoms with Crippen LogP contribution in [0.3, 0.4) is 0 Å². The molecular formula is C21H35N3O3. The highest BCUT2D eigenvalue weighted by atomic mass is 16.2. The predicted molar refractivity (Wildman–Crippen MR) is 104 cm³/mol. The molecule has 6 nitrogen and oxygen atoms in total. The second-order valence-corrected chi connectivity index (χ2v) is 8.99. The van der Waals surface area contributed by atoms with E-state index < -0.39 is 5.41 Å². The Balaban J connectivity index is 1.77. The molecule has 3 fully saturated rings. The van der Waals surface area contributed by atoms with Crippen molar-refractivity contribution in [1.29, 1.82) is 0 Å². The number of carbonyl (C=O) groups is 3. The minimum absolute atomic E-state index is 0.0598. The number of rotatable bonds is 4. The molecular weight excluding hydrogens is 342 g/mol. The van der Waals surface area contributed by atoms with Gasteiger partial charge in [-0.1, -0.05) is 26.7 Å². The largest absolute Gasteiger partial charge is 0.339 e. The van der Waals surface area contributed by atoms with Crippen molar-refractivity contribution in [3.8, 4) is 0 Å². The van der Waals surface area contributed by atoms with Gasteiger partial charge in [0.15, 0.2) is 0 Å². The van der Waals surface area contributed by atoms with E-state index in [0.29, 0.717) is 44.9 Å². The topological polar surface area (TPSA) is 60.9 Å². The Morgan fingerprint density at radius 3 is 2.37 bits per heavy atom. The van der Waals surface area contributed by atoms with Crippen LogP contribution in [0.2, 0.25) is 0 Å². The van der Waals surface area contributed by atoms with Crippen LogP contribution in [0.5, 0.6) is 0 Å². The fraction of sp³-hybridized carbons (Fsp3) is 0.857. The van der Waals surface area contributed by atoms with E-state index in [1.54, 1.807) is 6.92 Å². The number of hydrogen-bond acceptors (Lipinski definition) is 3. The smallest absolute Gasteiger partial charge is 0.231 e. The van der Waals surface area contributed by atoms with Gasteiger partial charge in [0.2, 0.25) is 17.7 Å². The van der Waals surface area contributed by atoms with Crippen molar-refractivity contribution in [3.63, 3.8) is 0 Å². The molecule has 2 heterocycles. The molecule has 1 saturated carbocycles. The second kappa shape index (κ2) is 8.19. The average Bonchev–Trinajstić information content (AvgIpc) is 2.66. The molecule has 0 bridgehead atoms. The van der Waals surface area contributed by atoms with Crippen molar-refractivity contribution in [2.24, 2.45) is 11.3 Å². The summed E-state index contributed by atoms with van der Waals surface area (Å²) < 4.78 is 0. The highest BCUT2D eigenvalue weighted by Crippen LogP contribution is 2.47. The van der Waals surface area contributed by atoms with Crippen LogP contribution in [0, 0.1) is 11.3 Å². The van der Waals surface area contributed by atoms with Gasteiger partial charge in [-0.25, -0.2) is 0 Å². The summed E-state index contributed by atoms with van der Waals surface area (Å²) in [5, 5.41) is 0. The monoisotopic (exact) mass is 377 g/mol. The molecule has 0 unspecified atom stereocenters. The maximum atomic E-state index is 13.7. The summed E-state index contributed by atoms with van der Waals surface area (Å²) in [7, 11) is 0. The van der Waals surface area contributed by atoms with E-state index in [1.165, 1.54) is 0 Å². The number of fused-ring (bicyclic) bond motifs is 1. The molecule has 2 atom stereocenters. The maximum absolute atomic E-state index is 13.7.